The first-order valence-electron chi connectivity index (χ1n) is 5.77. The molecule has 0 aliphatic carbocycles. The van der Waals surface area contributed by atoms with Crippen LogP contribution in [0.4, 0.5) is 0 Å². The summed E-state index contributed by atoms with van der Waals surface area (Å²) in [7, 11) is 0. The van der Waals surface area contributed by atoms with Crippen LogP contribution in [0.25, 0.3) is 0 Å². The molecule has 0 N–H and O–H groups in total. The number of aryl methyl sites for hydroxylation is 3. The number of benzene rings is 1. The molecule has 0 bridgehead atoms. The second-order valence-electron chi connectivity index (χ2n) is 4.47. The Labute approximate surface area is 97.6 Å². The van der Waals surface area contributed by atoms with E-state index in [4.69, 9.17) is 4.74 Å². The molecule has 1 aromatic rings. The molecule has 0 saturated heterocycles. The lowest BCUT2D eigenvalue weighted by Gasteiger charge is -2.12. The van der Waals surface area contributed by atoms with Crippen molar-refractivity contribution in [1.82, 2.24) is 0 Å². The van der Waals surface area contributed by atoms with Gasteiger partial charge in [-0.15, -0.1) is 0 Å². The van der Waals surface area contributed by atoms with E-state index in [-0.39, 0.29) is 11.9 Å². The maximum atomic E-state index is 11.5. The topological polar surface area (TPSA) is 26.3 Å². The summed E-state index contributed by atoms with van der Waals surface area (Å²) in [6.07, 6.45) is 0.957. The Kier molecular flexibility index (Phi) is 4.11. The van der Waals surface area contributed by atoms with Gasteiger partial charge in [0.25, 0.3) is 0 Å². The smallest absolute Gasteiger partial charge is 0.313 e. The molecule has 2 nitrogen and oxygen atoms in total. The SMILES string of the molecule is CCc1cc(OC(=O)C(C)C)c(C)cc1C. The second kappa shape index (κ2) is 5.15. The van der Waals surface area contributed by atoms with Gasteiger partial charge in [0.2, 0.25) is 0 Å². The molecular formula is C14H20O2. The molecule has 88 valence electrons. The van der Waals surface area contributed by atoms with E-state index in [9.17, 15) is 4.79 Å². The fraction of sp³-hybridized carbons (Fsp3) is 0.500. The zero-order valence-electron chi connectivity index (χ0n) is 10.8. The maximum absolute atomic E-state index is 11.5. The van der Waals surface area contributed by atoms with Crippen LogP contribution in [0.2, 0.25) is 0 Å². The van der Waals surface area contributed by atoms with E-state index in [1.807, 2.05) is 26.8 Å². The monoisotopic (exact) mass is 220 g/mol. The fourth-order valence-electron chi connectivity index (χ4n) is 1.59. The van der Waals surface area contributed by atoms with Gasteiger partial charge in [0, 0.05) is 0 Å². The van der Waals surface area contributed by atoms with Crippen molar-refractivity contribution < 1.29 is 9.53 Å². The number of carbonyl (C=O) groups is 1. The average Bonchev–Trinajstić information content (AvgIpc) is 2.21. The van der Waals surface area contributed by atoms with E-state index < -0.39 is 0 Å². The van der Waals surface area contributed by atoms with Crippen LogP contribution in [-0.2, 0) is 11.2 Å². The van der Waals surface area contributed by atoms with Gasteiger partial charge in [-0.2, -0.15) is 0 Å². The van der Waals surface area contributed by atoms with Crippen molar-refractivity contribution in [3.8, 4) is 5.75 Å². The standard InChI is InChI=1S/C14H20O2/c1-6-12-8-13(11(5)7-10(12)4)16-14(15)9(2)3/h7-9H,6H2,1-5H3. The Morgan fingerprint density at radius 1 is 1.25 bits per heavy atom. The Morgan fingerprint density at radius 2 is 1.88 bits per heavy atom. The van der Waals surface area contributed by atoms with Gasteiger partial charge < -0.3 is 4.74 Å². The molecule has 1 aromatic carbocycles. The minimum Gasteiger partial charge on any atom is -0.426 e. The predicted octanol–water partition coefficient (Wildman–Crippen LogP) is 3.43. The summed E-state index contributed by atoms with van der Waals surface area (Å²) >= 11 is 0. The van der Waals surface area contributed by atoms with Gasteiger partial charge in [-0.25, -0.2) is 0 Å². The van der Waals surface area contributed by atoms with Crippen molar-refractivity contribution in [2.24, 2.45) is 5.92 Å². The van der Waals surface area contributed by atoms with Crippen LogP contribution in [0.15, 0.2) is 12.1 Å². The number of hydrogen-bond donors (Lipinski definition) is 0. The lowest BCUT2D eigenvalue weighted by molar-refractivity contribution is -0.137. The molecule has 0 fully saturated rings. The fourth-order valence-corrected chi connectivity index (χ4v) is 1.59. The van der Waals surface area contributed by atoms with Crippen molar-refractivity contribution in [1.29, 1.82) is 0 Å². The van der Waals surface area contributed by atoms with Gasteiger partial charge >= 0.3 is 5.97 Å². The third kappa shape index (κ3) is 2.84. The molecule has 0 radical (unpaired) electrons. The summed E-state index contributed by atoms with van der Waals surface area (Å²) in [6.45, 7) is 9.83. The summed E-state index contributed by atoms with van der Waals surface area (Å²) in [5.41, 5.74) is 3.50. The highest BCUT2D eigenvalue weighted by molar-refractivity contribution is 5.74. The molecule has 0 heterocycles. The van der Waals surface area contributed by atoms with E-state index in [1.165, 1.54) is 11.1 Å². The summed E-state index contributed by atoms with van der Waals surface area (Å²) in [5.74, 6) is 0.431. The molecule has 0 amide bonds. The third-order valence-corrected chi connectivity index (χ3v) is 2.70. The van der Waals surface area contributed by atoms with Crippen molar-refractivity contribution in [2.75, 3.05) is 0 Å². The van der Waals surface area contributed by atoms with Crippen LogP contribution >= 0.6 is 0 Å². The molecule has 0 aliphatic rings. The van der Waals surface area contributed by atoms with E-state index in [1.54, 1.807) is 0 Å². The molecule has 0 aliphatic heterocycles. The molecule has 0 spiro atoms. The quantitative estimate of drug-likeness (QED) is 0.576. The molecule has 16 heavy (non-hydrogen) atoms. The van der Waals surface area contributed by atoms with Gasteiger partial charge in [0.1, 0.15) is 5.75 Å². The molecule has 2 heteroatoms. The van der Waals surface area contributed by atoms with E-state index in [0.717, 1.165) is 12.0 Å². The maximum Gasteiger partial charge on any atom is 0.313 e. The number of ether oxygens (including phenoxy) is 1. The first kappa shape index (κ1) is 12.8. The van der Waals surface area contributed by atoms with Crippen LogP contribution in [0, 0.1) is 19.8 Å². The Bertz CT molecular complexity index is 392. The number of carbonyl (C=O) groups excluding carboxylic acids is 1. The van der Waals surface area contributed by atoms with Crippen molar-refractivity contribution in [2.45, 2.75) is 41.0 Å². The second-order valence-corrected chi connectivity index (χ2v) is 4.47. The van der Waals surface area contributed by atoms with Gasteiger partial charge in [-0.3, -0.25) is 4.79 Å². The number of esters is 1. The first-order chi connectivity index (χ1) is 7.45. The van der Waals surface area contributed by atoms with Gasteiger partial charge in [-0.1, -0.05) is 26.8 Å². The minimum atomic E-state index is -0.172. The van der Waals surface area contributed by atoms with Crippen molar-refractivity contribution in [3.05, 3.63) is 28.8 Å². The van der Waals surface area contributed by atoms with Gasteiger partial charge in [-0.05, 0) is 43.0 Å². The average molecular weight is 220 g/mol. The van der Waals surface area contributed by atoms with Crippen LogP contribution in [0.3, 0.4) is 0 Å². The van der Waals surface area contributed by atoms with Gasteiger partial charge in [0.05, 0.1) is 5.92 Å². The highest BCUT2D eigenvalue weighted by atomic mass is 16.5. The normalized spacial score (nSPS) is 10.6. The lowest BCUT2D eigenvalue weighted by Crippen LogP contribution is -2.15. The third-order valence-electron chi connectivity index (χ3n) is 2.70. The molecule has 1 rings (SSSR count). The minimum absolute atomic E-state index is 0.0919. The number of hydrogen-bond acceptors (Lipinski definition) is 2. The van der Waals surface area contributed by atoms with Crippen molar-refractivity contribution in [3.63, 3.8) is 0 Å². The van der Waals surface area contributed by atoms with E-state index in [2.05, 4.69) is 19.9 Å². The van der Waals surface area contributed by atoms with Gasteiger partial charge in [0.15, 0.2) is 0 Å². The first-order valence-corrected chi connectivity index (χ1v) is 5.77. The molecule has 0 unspecified atom stereocenters. The Hall–Kier alpha value is -1.31. The molecule has 0 atom stereocenters. The highest BCUT2D eigenvalue weighted by Crippen LogP contribution is 2.24. The largest absolute Gasteiger partial charge is 0.426 e. The van der Waals surface area contributed by atoms with E-state index >= 15 is 0 Å². The summed E-state index contributed by atoms with van der Waals surface area (Å²) in [5, 5.41) is 0. The summed E-state index contributed by atoms with van der Waals surface area (Å²) in [4.78, 5) is 11.5. The van der Waals surface area contributed by atoms with Crippen LogP contribution < -0.4 is 4.74 Å². The molecule has 0 saturated carbocycles. The molecule has 0 aromatic heterocycles. The molecular weight excluding hydrogens is 200 g/mol. The summed E-state index contributed by atoms with van der Waals surface area (Å²) < 4.78 is 5.37. The van der Waals surface area contributed by atoms with E-state index in [0.29, 0.717) is 5.75 Å². The lowest BCUT2D eigenvalue weighted by atomic mass is 10.0. The predicted molar refractivity (Wildman–Crippen MR) is 65.8 cm³/mol. The Morgan fingerprint density at radius 3 is 2.38 bits per heavy atom. The van der Waals surface area contributed by atoms with Crippen molar-refractivity contribution >= 4 is 5.97 Å². The number of rotatable bonds is 3. The highest BCUT2D eigenvalue weighted by Gasteiger charge is 2.12. The zero-order chi connectivity index (χ0) is 12.3. The summed E-state index contributed by atoms with van der Waals surface area (Å²) in [6, 6.07) is 4.05. The van der Waals surface area contributed by atoms with Crippen LogP contribution in [0.5, 0.6) is 5.75 Å². The zero-order valence-corrected chi connectivity index (χ0v) is 10.8. The Balaban J connectivity index is 3.00. The van der Waals surface area contributed by atoms with Crippen LogP contribution in [-0.4, -0.2) is 5.97 Å². The van der Waals surface area contributed by atoms with Crippen LogP contribution in [0.1, 0.15) is 37.5 Å².